The molecule has 2 rings (SSSR count). The van der Waals surface area contributed by atoms with Gasteiger partial charge in [-0.05, 0) is 43.8 Å². The van der Waals surface area contributed by atoms with E-state index in [1.807, 2.05) is 12.3 Å². The molecule has 1 N–H and O–H groups in total. The van der Waals surface area contributed by atoms with E-state index in [1.54, 1.807) is 10.9 Å². The van der Waals surface area contributed by atoms with Gasteiger partial charge >= 0.3 is 0 Å². The lowest BCUT2D eigenvalue weighted by molar-refractivity contribution is 0.564. The number of nitrogens with zero attached hydrogens (tertiary/aromatic N) is 2. The molecule has 0 aromatic carbocycles. The zero-order valence-electron chi connectivity index (χ0n) is 10.9. The third-order valence-corrected chi connectivity index (χ3v) is 4.05. The molecule has 0 spiro atoms. The van der Waals surface area contributed by atoms with Gasteiger partial charge in [-0.2, -0.15) is 0 Å². The molecule has 0 amide bonds. The van der Waals surface area contributed by atoms with E-state index < -0.39 is 0 Å². The molecule has 0 unspecified atom stereocenters. The minimum Gasteiger partial charge on any atom is -0.317 e. The lowest BCUT2D eigenvalue weighted by Crippen LogP contribution is -2.21. The van der Waals surface area contributed by atoms with E-state index in [0.29, 0.717) is 0 Å². The zero-order valence-corrected chi connectivity index (χ0v) is 11.7. The molecule has 0 aliphatic rings. The lowest BCUT2D eigenvalue weighted by atomic mass is 10.3. The number of nitrogens with one attached hydrogen (secondary N) is 1. The Balaban J connectivity index is 2.05. The summed E-state index contributed by atoms with van der Waals surface area (Å²) in [7, 11) is 0. The van der Waals surface area contributed by atoms with Gasteiger partial charge in [0.15, 0.2) is 0 Å². The third-order valence-electron chi connectivity index (χ3n) is 2.98. The molecule has 0 atom stereocenters. The summed E-state index contributed by atoms with van der Waals surface area (Å²) in [4.78, 5) is 16.6. The number of fused-ring (bicyclic) bond motifs is 1. The predicted molar refractivity (Wildman–Crippen MR) is 76.4 cm³/mol. The summed E-state index contributed by atoms with van der Waals surface area (Å²) < 4.78 is 2.51. The first-order chi connectivity index (χ1) is 8.74. The third kappa shape index (κ3) is 2.79. The van der Waals surface area contributed by atoms with Crippen LogP contribution in [0.25, 0.3) is 10.2 Å². The van der Waals surface area contributed by atoms with Crippen molar-refractivity contribution in [2.24, 2.45) is 0 Å². The van der Waals surface area contributed by atoms with Crippen LogP contribution in [0.4, 0.5) is 0 Å². The van der Waals surface area contributed by atoms with Crippen molar-refractivity contribution < 1.29 is 0 Å². The first-order valence-electron chi connectivity index (χ1n) is 6.38. The summed E-state index contributed by atoms with van der Waals surface area (Å²) in [6.45, 7) is 6.86. The highest BCUT2D eigenvalue weighted by atomic mass is 32.1. The van der Waals surface area contributed by atoms with Crippen LogP contribution >= 0.6 is 11.3 Å². The van der Waals surface area contributed by atoms with Gasteiger partial charge in [-0.15, -0.1) is 11.3 Å². The van der Waals surface area contributed by atoms with Crippen molar-refractivity contribution in [1.29, 1.82) is 0 Å². The maximum absolute atomic E-state index is 12.2. The van der Waals surface area contributed by atoms with Crippen LogP contribution in [0.5, 0.6) is 0 Å². The Hall–Kier alpha value is -1.20. The average molecular weight is 265 g/mol. The van der Waals surface area contributed by atoms with Crippen molar-refractivity contribution in [2.45, 2.75) is 33.2 Å². The summed E-state index contributed by atoms with van der Waals surface area (Å²) in [6.07, 6.45) is 3.77. The molecule has 98 valence electrons. The number of hydrogen-bond acceptors (Lipinski definition) is 4. The van der Waals surface area contributed by atoms with Crippen molar-refractivity contribution in [3.05, 3.63) is 27.6 Å². The van der Waals surface area contributed by atoms with Gasteiger partial charge in [-0.1, -0.05) is 6.92 Å². The molecular weight excluding hydrogens is 246 g/mol. The number of rotatable bonds is 6. The predicted octanol–water partition coefficient (Wildman–Crippen LogP) is 2.16. The van der Waals surface area contributed by atoms with Gasteiger partial charge in [-0.3, -0.25) is 9.36 Å². The average Bonchev–Trinajstić information content (AvgIpc) is 2.74. The molecule has 2 heterocycles. The largest absolute Gasteiger partial charge is 0.317 e. The van der Waals surface area contributed by atoms with Crippen LogP contribution in [0.1, 0.15) is 25.3 Å². The SMILES string of the molecule is CCNCCCCn1cnc2c(C)csc2c1=O. The maximum Gasteiger partial charge on any atom is 0.271 e. The summed E-state index contributed by atoms with van der Waals surface area (Å²) in [5.41, 5.74) is 2.04. The van der Waals surface area contributed by atoms with Crippen molar-refractivity contribution in [3.63, 3.8) is 0 Å². The fourth-order valence-corrected chi connectivity index (χ4v) is 2.88. The Morgan fingerprint density at radius 1 is 1.44 bits per heavy atom. The minimum absolute atomic E-state index is 0.0987. The van der Waals surface area contributed by atoms with Crippen LogP contribution in [0.3, 0.4) is 0 Å². The van der Waals surface area contributed by atoms with Crippen molar-refractivity contribution in [3.8, 4) is 0 Å². The maximum atomic E-state index is 12.2. The Labute approximate surface area is 111 Å². The van der Waals surface area contributed by atoms with E-state index in [0.717, 1.165) is 48.3 Å². The van der Waals surface area contributed by atoms with Crippen LogP contribution in [-0.2, 0) is 6.54 Å². The molecule has 5 heteroatoms. The van der Waals surface area contributed by atoms with E-state index in [2.05, 4.69) is 17.2 Å². The van der Waals surface area contributed by atoms with Gasteiger partial charge in [0.25, 0.3) is 5.56 Å². The fourth-order valence-electron chi connectivity index (χ4n) is 1.93. The van der Waals surface area contributed by atoms with Gasteiger partial charge < -0.3 is 5.32 Å². The molecule has 0 bridgehead atoms. The van der Waals surface area contributed by atoms with Gasteiger partial charge in [0.1, 0.15) is 4.70 Å². The van der Waals surface area contributed by atoms with E-state index in [4.69, 9.17) is 0 Å². The molecule has 18 heavy (non-hydrogen) atoms. The van der Waals surface area contributed by atoms with Crippen LogP contribution in [0, 0.1) is 6.92 Å². The second kappa shape index (κ2) is 6.11. The monoisotopic (exact) mass is 265 g/mol. The molecule has 0 aliphatic heterocycles. The summed E-state index contributed by atoms with van der Waals surface area (Å²) in [5, 5.41) is 5.28. The molecule has 0 saturated carbocycles. The Morgan fingerprint density at radius 2 is 2.28 bits per heavy atom. The molecule has 2 aromatic heterocycles. The van der Waals surface area contributed by atoms with Crippen LogP contribution < -0.4 is 10.9 Å². The topological polar surface area (TPSA) is 46.9 Å². The quantitative estimate of drug-likeness (QED) is 0.814. The Bertz CT molecular complexity index is 573. The molecule has 0 saturated heterocycles. The second-order valence-electron chi connectivity index (χ2n) is 4.40. The second-order valence-corrected chi connectivity index (χ2v) is 5.28. The zero-order chi connectivity index (χ0) is 13.0. The van der Waals surface area contributed by atoms with Crippen molar-refractivity contribution in [2.75, 3.05) is 13.1 Å². The highest BCUT2D eigenvalue weighted by Crippen LogP contribution is 2.19. The molecule has 0 aliphatic carbocycles. The van der Waals surface area contributed by atoms with Gasteiger partial charge in [0.05, 0.1) is 11.8 Å². The normalized spacial score (nSPS) is 11.2. The van der Waals surface area contributed by atoms with Gasteiger partial charge in [-0.25, -0.2) is 4.98 Å². The van der Waals surface area contributed by atoms with Crippen LogP contribution in [-0.4, -0.2) is 22.6 Å². The number of unbranched alkanes of at least 4 members (excludes halogenated alkanes) is 1. The highest BCUT2D eigenvalue weighted by Gasteiger charge is 2.07. The fraction of sp³-hybridized carbons (Fsp3) is 0.538. The summed E-state index contributed by atoms with van der Waals surface area (Å²) >= 11 is 1.49. The minimum atomic E-state index is 0.0987. The van der Waals surface area contributed by atoms with E-state index in [9.17, 15) is 4.79 Å². The first kappa shape index (κ1) is 13.2. The van der Waals surface area contributed by atoms with Crippen LogP contribution in [0.15, 0.2) is 16.5 Å². The lowest BCUT2D eigenvalue weighted by Gasteiger charge is -2.05. The number of thiophene rings is 1. The molecule has 2 aromatic rings. The van der Waals surface area contributed by atoms with E-state index in [1.165, 1.54) is 11.3 Å². The van der Waals surface area contributed by atoms with E-state index >= 15 is 0 Å². The Morgan fingerprint density at radius 3 is 3.06 bits per heavy atom. The Kier molecular flexibility index (Phi) is 4.49. The number of aryl methyl sites for hydroxylation is 2. The number of hydrogen-bond donors (Lipinski definition) is 1. The van der Waals surface area contributed by atoms with Crippen molar-refractivity contribution >= 4 is 21.6 Å². The molecule has 0 radical (unpaired) electrons. The first-order valence-corrected chi connectivity index (χ1v) is 7.26. The summed E-state index contributed by atoms with van der Waals surface area (Å²) in [5.74, 6) is 0. The van der Waals surface area contributed by atoms with Crippen LogP contribution in [0.2, 0.25) is 0 Å². The highest BCUT2D eigenvalue weighted by molar-refractivity contribution is 7.17. The van der Waals surface area contributed by atoms with Crippen molar-refractivity contribution in [1.82, 2.24) is 14.9 Å². The smallest absolute Gasteiger partial charge is 0.271 e. The van der Waals surface area contributed by atoms with E-state index in [-0.39, 0.29) is 5.56 Å². The summed E-state index contributed by atoms with van der Waals surface area (Å²) in [6, 6.07) is 0. The standard InChI is InChI=1S/C13H19N3OS/c1-3-14-6-4-5-7-16-9-15-11-10(2)8-18-12(11)13(16)17/h8-9,14H,3-7H2,1-2H3. The molecule has 0 fully saturated rings. The molecule has 4 nitrogen and oxygen atoms in total. The molecular formula is C13H19N3OS. The van der Waals surface area contributed by atoms with Gasteiger partial charge in [0, 0.05) is 6.54 Å². The van der Waals surface area contributed by atoms with Gasteiger partial charge in [0.2, 0.25) is 0 Å². The number of aromatic nitrogens is 2.